The van der Waals surface area contributed by atoms with Crippen LogP contribution in [0.2, 0.25) is 0 Å². The zero-order chi connectivity index (χ0) is 11.1. The van der Waals surface area contributed by atoms with Crippen LogP contribution < -0.4 is 0 Å². The van der Waals surface area contributed by atoms with Gasteiger partial charge in [0.15, 0.2) is 0 Å². The molecule has 0 fully saturated rings. The molecule has 1 aliphatic rings. The molecule has 0 amide bonds. The average molecular weight is 214 g/mol. The number of rotatable bonds is 1. The van der Waals surface area contributed by atoms with Crippen molar-refractivity contribution in [3.63, 3.8) is 0 Å². The number of halogens is 3. The molecule has 15 heavy (non-hydrogen) atoms. The van der Waals surface area contributed by atoms with Gasteiger partial charge in [0.25, 0.3) is 0 Å². The molecular formula is C11H9F3O. The fraction of sp³-hybridized carbons (Fsp3) is 0.273. The number of alkyl halides is 3. The smallest absolute Gasteiger partial charge is 0.373 e. The molecule has 2 rings (SSSR count). The minimum Gasteiger partial charge on any atom is -0.373 e. The van der Waals surface area contributed by atoms with Crippen LogP contribution in [0, 0.1) is 0 Å². The monoisotopic (exact) mass is 214 g/mol. The molecule has 1 aromatic rings. The maximum Gasteiger partial charge on any atom is 0.416 e. The third-order valence-corrected chi connectivity index (χ3v) is 2.43. The van der Waals surface area contributed by atoms with Crippen molar-refractivity contribution in [1.29, 1.82) is 0 Å². The predicted molar refractivity (Wildman–Crippen MR) is 50.2 cm³/mol. The van der Waals surface area contributed by atoms with E-state index in [9.17, 15) is 13.2 Å². The Kier molecular flexibility index (Phi) is 2.31. The number of ether oxygens (including phenoxy) is 1. The summed E-state index contributed by atoms with van der Waals surface area (Å²) in [4.78, 5) is 0. The van der Waals surface area contributed by atoms with E-state index in [1.54, 1.807) is 18.2 Å². The first-order chi connectivity index (χ1) is 7.04. The molecule has 1 unspecified atom stereocenters. The van der Waals surface area contributed by atoms with Crippen LogP contribution in [0.15, 0.2) is 24.3 Å². The van der Waals surface area contributed by atoms with Crippen molar-refractivity contribution in [3.8, 4) is 0 Å². The molecular weight excluding hydrogens is 205 g/mol. The minimum atomic E-state index is -4.33. The second kappa shape index (κ2) is 3.38. The van der Waals surface area contributed by atoms with Gasteiger partial charge in [0, 0.05) is 12.7 Å². The van der Waals surface area contributed by atoms with Crippen molar-refractivity contribution in [1.82, 2.24) is 0 Å². The van der Waals surface area contributed by atoms with Gasteiger partial charge in [-0.1, -0.05) is 24.3 Å². The molecule has 80 valence electrons. The molecule has 1 atom stereocenters. The lowest BCUT2D eigenvalue weighted by atomic mass is 10.0. The van der Waals surface area contributed by atoms with Gasteiger partial charge < -0.3 is 4.74 Å². The Morgan fingerprint density at radius 2 is 2.00 bits per heavy atom. The van der Waals surface area contributed by atoms with Crippen molar-refractivity contribution in [3.05, 3.63) is 41.0 Å². The van der Waals surface area contributed by atoms with Crippen LogP contribution >= 0.6 is 0 Å². The lowest BCUT2D eigenvalue weighted by Gasteiger charge is -2.16. The zero-order valence-electron chi connectivity index (χ0n) is 8.01. The molecule has 0 heterocycles. The minimum absolute atomic E-state index is 0.215. The molecule has 1 aliphatic carbocycles. The standard InChI is InChI=1S/C11H9F3O/c1-15-9-6-5-7-3-2-4-8(10(7)9)11(12,13)14/h2-6,9H,1H3. The van der Waals surface area contributed by atoms with E-state index in [-0.39, 0.29) is 5.56 Å². The highest BCUT2D eigenvalue weighted by molar-refractivity contribution is 5.64. The van der Waals surface area contributed by atoms with Crippen LogP contribution in [0.25, 0.3) is 6.08 Å². The van der Waals surface area contributed by atoms with Crippen molar-refractivity contribution in [2.75, 3.05) is 7.11 Å². The Labute approximate surface area is 85.2 Å². The van der Waals surface area contributed by atoms with Crippen LogP contribution in [0.1, 0.15) is 22.8 Å². The van der Waals surface area contributed by atoms with E-state index in [1.807, 2.05) is 0 Å². The van der Waals surface area contributed by atoms with E-state index in [4.69, 9.17) is 4.74 Å². The molecule has 1 aromatic carbocycles. The summed E-state index contributed by atoms with van der Waals surface area (Å²) in [7, 11) is 1.40. The summed E-state index contributed by atoms with van der Waals surface area (Å²) >= 11 is 0. The Bertz CT molecular complexity index is 407. The maximum absolute atomic E-state index is 12.7. The fourth-order valence-electron chi connectivity index (χ4n) is 1.78. The topological polar surface area (TPSA) is 9.23 Å². The number of fused-ring (bicyclic) bond motifs is 1. The quantitative estimate of drug-likeness (QED) is 0.696. The molecule has 4 heteroatoms. The van der Waals surface area contributed by atoms with E-state index in [0.29, 0.717) is 5.56 Å². The first kappa shape index (κ1) is 10.2. The van der Waals surface area contributed by atoms with Crippen LogP contribution in [0.4, 0.5) is 13.2 Å². The normalized spacial score (nSPS) is 19.3. The first-order valence-electron chi connectivity index (χ1n) is 4.45. The maximum atomic E-state index is 12.7. The van der Waals surface area contributed by atoms with Crippen LogP contribution in [-0.4, -0.2) is 7.11 Å². The molecule has 0 aliphatic heterocycles. The Morgan fingerprint density at radius 1 is 1.27 bits per heavy atom. The second-order valence-corrected chi connectivity index (χ2v) is 3.32. The number of hydrogen-bond acceptors (Lipinski definition) is 1. The molecule has 0 saturated carbocycles. The van der Waals surface area contributed by atoms with Gasteiger partial charge in [-0.2, -0.15) is 13.2 Å². The SMILES string of the molecule is COC1C=Cc2cccc(C(F)(F)F)c21. The van der Waals surface area contributed by atoms with E-state index in [2.05, 4.69) is 0 Å². The Morgan fingerprint density at radius 3 is 2.60 bits per heavy atom. The van der Waals surface area contributed by atoms with Gasteiger partial charge in [-0.15, -0.1) is 0 Å². The first-order valence-corrected chi connectivity index (χ1v) is 4.45. The van der Waals surface area contributed by atoms with Crippen LogP contribution in [0.5, 0.6) is 0 Å². The molecule has 0 aromatic heterocycles. The summed E-state index contributed by atoms with van der Waals surface area (Å²) in [5, 5.41) is 0. The highest BCUT2D eigenvalue weighted by atomic mass is 19.4. The van der Waals surface area contributed by atoms with Gasteiger partial charge in [0.2, 0.25) is 0 Å². The number of hydrogen-bond donors (Lipinski definition) is 0. The highest BCUT2D eigenvalue weighted by Crippen LogP contribution is 2.40. The summed E-state index contributed by atoms with van der Waals surface area (Å²) in [5.41, 5.74) is 0.182. The lowest BCUT2D eigenvalue weighted by molar-refractivity contribution is -0.139. The Balaban J connectivity index is 2.57. The largest absolute Gasteiger partial charge is 0.416 e. The summed E-state index contributed by atoms with van der Waals surface area (Å²) < 4.78 is 43.0. The predicted octanol–water partition coefficient (Wildman–Crippen LogP) is 3.42. The Hall–Kier alpha value is -1.29. The number of methoxy groups -OCH3 is 1. The van der Waals surface area contributed by atoms with Gasteiger partial charge in [-0.25, -0.2) is 0 Å². The van der Waals surface area contributed by atoms with Crippen molar-refractivity contribution >= 4 is 6.08 Å². The summed E-state index contributed by atoms with van der Waals surface area (Å²) in [6.07, 6.45) is -1.63. The van der Waals surface area contributed by atoms with Gasteiger partial charge in [-0.05, 0) is 11.6 Å². The third-order valence-electron chi connectivity index (χ3n) is 2.43. The van der Waals surface area contributed by atoms with Crippen molar-refractivity contribution in [2.24, 2.45) is 0 Å². The molecule has 1 nitrogen and oxygen atoms in total. The van der Waals surface area contributed by atoms with Crippen LogP contribution in [-0.2, 0) is 10.9 Å². The second-order valence-electron chi connectivity index (χ2n) is 3.32. The van der Waals surface area contributed by atoms with E-state index in [0.717, 1.165) is 6.07 Å². The third kappa shape index (κ3) is 1.65. The van der Waals surface area contributed by atoms with E-state index < -0.39 is 17.8 Å². The molecule has 0 spiro atoms. The van der Waals surface area contributed by atoms with Crippen LogP contribution in [0.3, 0.4) is 0 Å². The average Bonchev–Trinajstić information content (AvgIpc) is 2.58. The number of benzene rings is 1. The molecule has 0 bridgehead atoms. The summed E-state index contributed by atoms with van der Waals surface area (Å²) in [6.45, 7) is 0. The van der Waals surface area contributed by atoms with E-state index in [1.165, 1.54) is 13.2 Å². The van der Waals surface area contributed by atoms with Gasteiger partial charge >= 0.3 is 6.18 Å². The zero-order valence-corrected chi connectivity index (χ0v) is 8.01. The van der Waals surface area contributed by atoms with Crippen molar-refractivity contribution in [2.45, 2.75) is 12.3 Å². The fourth-order valence-corrected chi connectivity index (χ4v) is 1.78. The van der Waals surface area contributed by atoms with Gasteiger partial charge in [0.1, 0.15) is 6.10 Å². The molecule has 0 saturated heterocycles. The summed E-state index contributed by atoms with van der Waals surface area (Å²) in [5.74, 6) is 0. The highest BCUT2D eigenvalue weighted by Gasteiger charge is 2.36. The van der Waals surface area contributed by atoms with Gasteiger partial charge in [-0.3, -0.25) is 0 Å². The van der Waals surface area contributed by atoms with Gasteiger partial charge in [0.05, 0.1) is 5.56 Å². The molecule has 0 N–H and O–H groups in total. The molecule has 0 radical (unpaired) electrons. The van der Waals surface area contributed by atoms with E-state index >= 15 is 0 Å². The van der Waals surface area contributed by atoms with Crippen molar-refractivity contribution < 1.29 is 17.9 Å². The lowest BCUT2D eigenvalue weighted by Crippen LogP contribution is -2.11. The summed E-state index contributed by atoms with van der Waals surface area (Å²) in [6, 6.07) is 4.14.